The Morgan fingerprint density at radius 3 is 1.92 bits per heavy atom. The molecule has 0 rings (SSSR count). The average molecular weight is 189 g/mol. The first kappa shape index (κ1) is 14.8. The fourth-order valence-electron chi connectivity index (χ4n) is 0.469. The summed E-state index contributed by atoms with van der Waals surface area (Å²) in [6, 6.07) is 0. The van der Waals surface area contributed by atoms with Crippen LogP contribution in [-0.4, -0.2) is 30.2 Å². The van der Waals surface area contributed by atoms with Crippen molar-refractivity contribution >= 4 is 6.09 Å². The number of carbonyl (C=O) groups is 1. The van der Waals surface area contributed by atoms with E-state index in [1.807, 2.05) is 41.5 Å². The molecular formula is C10H23NO2. The SMILES string of the molecule is CC.CCN(C)C(=O)OC(C)(C)C. The summed E-state index contributed by atoms with van der Waals surface area (Å²) in [6.45, 7) is 12.1. The van der Waals surface area contributed by atoms with Crippen molar-refractivity contribution in [3.05, 3.63) is 0 Å². The van der Waals surface area contributed by atoms with Crippen LogP contribution in [0.25, 0.3) is 0 Å². The smallest absolute Gasteiger partial charge is 0.410 e. The van der Waals surface area contributed by atoms with E-state index in [0.717, 1.165) is 0 Å². The second kappa shape index (κ2) is 6.75. The highest BCUT2D eigenvalue weighted by atomic mass is 16.6. The number of rotatable bonds is 1. The van der Waals surface area contributed by atoms with Gasteiger partial charge in [0.2, 0.25) is 0 Å². The van der Waals surface area contributed by atoms with Crippen LogP contribution in [0.4, 0.5) is 4.79 Å². The Balaban J connectivity index is 0. The molecule has 0 atom stereocenters. The molecule has 13 heavy (non-hydrogen) atoms. The maximum absolute atomic E-state index is 11.1. The van der Waals surface area contributed by atoms with Gasteiger partial charge in [0, 0.05) is 13.6 Å². The number of hydrogen-bond acceptors (Lipinski definition) is 2. The number of nitrogens with zero attached hydrogens (tertiary/aromatic N) is 1. The Labute approximate surface area is 82.1 Å². The Morgan fingerprint density at radius 2 is 1.69 bits per heavy atom. The highest BCUT2D eigenvalue weighted by molar-refractivity contribution is 5.67. The first-order chi connectivity index (χ1) is 5.87. The van der Waals surface area contributed by atoms with Crippen molar-refractivity contribution < 1.29 is 9.53 Å². The van der Waals surface area contributed by atoms with E-state index in [1.165, 1.54) is 4.90 Å². The summed E-state index contributed by atoms with van der Waals surface area (Å²) < 4.78 is 5.08. The summed E-state index contributed by atoms with van der Waals surface area (Å²) in [5.74, 6) is 0. The van der Waals surface area contributed by atoms with Gasteiger partial charge in [-0.15, -0.1) is 0 Å². The Bertz CT molecular complexity index is 138. The first-order valence-electron chi connectivity index (χ1n) is 4.81. The van der Waals surface area contributed by atoms with Crippen LogP contribution < -0.4 is 0 Å². The molecule has 0 aliphatic heterocycles. The van der Waals surface area contributed by atoms with Crippen LogP contribution in [0, 0.1) is 0 Å². The van der Waals surface area contributed by atoms with Crippen LogP contribution in [-0.2, 0) is 4.74 Å². The lowest BCUT2D eigenvalue weighted by atomic mass is 10.2. The lowest BCUT2D eigenvalue weighted by Crippen LogP contribution is -2.33. The summed E-state index contributed by atoms with van der Waals surface area (Å²) in [4.78, 5) is 12.6. The van der Waals surface area contributed by atoms with Crippen LogP contribution >= 0.6 is 0 Å². The van der Waals surface area contributed by atoms with Gasteiger partial charge in [-0.3, -0.25) is 0 Å². The molecule has 0 aromatic rings. The predicted molar refractivity (Wildman–Crippen MR) is 55.9 cm³/mol. The molecule has 0 saturated heterocycles. The molecule has 0 bridgehead atoms. The summed E-state index contributed by atoms with van der Waals surface area (Å²) in [6.07, 6.45) is -0.264. The van der Waals surface area contributed by atoms with Gasteiger partial charge in [-0.25, -0.2) is 4.79 Å². The second-order valence-electron chi connectivity index (χ2n) is 3.49. The van der Waals surface area contributed by atoms with E-state index in [1.54, 1.807) is 7.05 Å². The van der Waals surface area contributed by atoms with Crippen molar-refractivity contribution in [2.75, 3.05) is 13.6 Å². The van der Waals surface area contributed by atoms with Crippen LogP contribution in [0.15, 0.2) is 0 Å². The number of hydrogen-bond donors (Lipinski definition) is 0. The van der Waals surface area contributed by atoms with Crippen molar-refractivity contribution in [2.24, 2.45) is 0 Å². The molecule has 1 amide bonds. The van der Waals surface area contributed by atoms with Gasteiger partial charge in [0.15, 0.2) is 0 Å². The molecule has 3 heteroatoms. The summed E-state index contributed by atoms with van der Waals surface area (Å²) in [5, 5.41) is 0. The minimum Gasteiger partial charge on any atom is -0.444 e. The third-order valence-corrected chi connectivity index (χ3v) is 1.18. The summed E-state index contributed by atoms with van der Waals surface area (Å²) >= 11 is 0. The molecule has 0 radical (unpaired) electrons. The number of carbonyl (C=O) groups excluding carboxylic acids is 1. The summed E-state index contributed by atoms with van der Waals surface area (Å²) in [7, 11) is 1.72. The molecule has 80 valence electrons. The van der Waals surface area contributed by atoms with Crippen LogP contribution in [0.1, 0.15) is 41.5 Å². The van der Waals surface area contributed by atoms with E-state index in [0.29, 0.717) is 6.54 Å². The van der Waals surface area contributed by atoms with E-state index in [2.05, 4.69) is 0 Å². The largest absolute Gasteiger partial charge is 0.444 e. The number of amides is 1. The Kier molecular flexibility index (Phi) is 7.67. The van der Waals surface area contributed by atoms with Crippen molar-refractivity contribution in [3.8, 4) is 0 Å². The van der Waals surface area contributed by atoms with Gasteiger partial charge in [0.25, 0.3) is 0 Å². The molecule has 0 fully saturated rings. The monoisotopic (exact) mass is 189 g/mol. The molecule has 0 aromatic heterocycles. The number of ether oxygens (including phenoxy) is 1. The van der Waals surface area contributed by atoms with Gasteiger partial charge in [-0.1, -0.05) is 13.8 Å². The van der Waals surface area contributed by atoms with Crippen molar-refractivity contribution in [2.45, 2.75) is 47.1 Å². The Hall–Kier alpha value is -0.730. The zero-order valence-electron chi connectivity index (χ0n) is 9.97. The van der Waals surface area contributed by atoms with Gasteiger partial charge >= 0.3 is 6.09 Å². The van der Waals surface area contributed by atoms with E-state index < -0.39 is 0 Å². The highest BCUT2D eigenvalue weighted by Crippen LogP contribution is 2.08. The predicted octanol–water partition coefficient (Wildman–Crippen LogP) is 2.90. The molecule has 0 unspecified atom stereocenters. The van der Waals surface area contributed by atoms with Gasteiger partial charge in [0.1, 0.15) is 5.60 Å². The van der Waals surface area contributed by atoms with Crippen molar-refractivity contribution in [1.82, 2.24) is 4.90 Å². The molecule has 0 saturated carbocycles. The van der Waals surface area contributed by atoms with Crippen molar-refractivity contribution in [1.29, 1.82) is 0 Å². The fourth-order valence-corrected chi connectivity index (χ4v) is 0.469. The quantitative estimate of drug-likeness (QED) is 0.634. The van der Waals surface area contributed by atoms with E-state index in [4.69, 9.17) is 4.74 Å². The maximum atomic E-state index is 11.1. The average Bonchev–Trinajstić information content (AvgIpc) is 2.03. The second-order valence-corrected chi connectivity index (χ2v) is 3.49. The molecule has 3 nitrogen and oxygen atoms in total. The van der Waals surface area contributed by atoms with Crippen LogP contribution in [0.3, 0.4) is 0 Å². The lowest BCUT2D eigenvalue weighted by Gasteiger charge is -2.23. The maximum Gasteiger partial charge on any atom is 0.410 e. The summed E-state index contributed by atoms with van der Waals surface area (Å²) in [5.41, 5.74) is -0.388. The zero-order chi connectivity index (χ0) is 11.1. The lowest BCUT2D eigenvalue weighted by molar-refractivity contribution is 0.0308. The first-order valence-corrected chi connectivity index (χ1v) is 4.81. The standard InChI is InChI=1S/C8H17NO2.C2H6/c1-6-9(5)7(10)11-8(2,3)4;1-2/h6H2,1-5H3;1-2H3. The van der Waals surface area contributed by atoms with Crippen molar-refractivity contribution in [3.63, 3.8) is 0 Å². The molecule has 0 heterocycles. The van der Waals surface area contributed by atoms with Crippen LogP contribution in [0.2, 0.25) is 0 Å². The highest BCUT2D eigenvalue weighted by Gasteiger charge is 2.17. The van der Waals surface area contributed by atoms with Gasteiger partial charge in [-0.05, 0) is 27.7 Å². The van der Waals surface area contributed by atoms with E-state index >= 15 is 0 Å². The van der Waals surface area contributed by atoms with Gasteiger partial charge in [0.05, 0.1) is 0 Å². The Morgan fingerprint density at radius 1 is 1.31 bits per heavy atom. The molecule has 0 spiro atoms. The van der Waals surface area contributed by atoms with E-state index in [-0.39, 0.29) is 11.7 Å². The molecular weight excluding hydrogens is 166 g/mol. The third-order valence-electron chi connectivity index (χ3n) is 1.18. The van der Waals surface area contributed by atoms with E-state index in [9.17, 15) is 4.79 Å². The minimum absolute atomic E-state index is 0.264. The molecule has 0 aromatic carbocycles. The van der Waals surface area contributed by atoms with Gasteiger partial charge < -0.3 is 9.64 Å². The van der Waals surface area contributed by atoms with Crippen LogP contribution in [0.5, 0.6) is 0 Å². The molecule has 0 N–H and O–H groups in total. The minimum atomic E-state index is -0.388. The fraction of sp³-hybridized carbons (Fsp3) is 0.900. The molecule has 0 aliphatic carbocycles. The third kappa shape index (κ3) is 9.18. The topological polar surface area (TPSA) is 29.5 Å². The molecule has 0 aliphatic rings. The normalized spacial score (nSPS) is 9.77. The van der Waals surface area contributed by atoms with Gasteiger partial charge in [-0.2, -0.15) is 0 Å². The zero-order valence-corrected chi connectivity index (χ0v) is 9.97.